The Morgan fingerprint density at radius 1 is 0.808 bits per heavy atom. The van der Waals surface area contributed by atoms with Crippen molar-refractivity contribution in [2.75, 3.05) is 0 Å². The van der Waals surface area contributed by atoms with Gasteiger partial charge in [0, 0.05) is 12.4 Å². The van der Waals surface area contributed by atoms with Crippen molar-refractivity contribution in [1.29, 1.82) is 0 Å². The second kappa shape index (κ2) is 7.61. The number of aromatic hydroxyl groups is 1. The molecule has 26 heavy (non-hydrogen) atoms. The van der Waals surface area contributed by atoms with Gasteiger partial charge in [0.05, 0.1) is 26.9 Å². The molecule has 11 nitrogen and oxygen atoms in total. The number of nitro benzene ring substituents is 3. The van der Waals surface area contributed by atoms with E-state index >= 15 is 0 Å². The van der Waals surface area contributed by atoms with E-state index in [0.29, 0.717) is 12.1 Å². The summed E-state index contributed by atoms with van der Waals surface area (Å²) < 4.78 is 0. The van der Waals surface area contributed by atoms with Crippen LogP contribution < -0.4 is 0 Å². The molecule has 3 aromatic rings. The SMILES string of the molecule is O=[N+]([O-])c1cc([N+](=O)[O-])c(O)c([N+](=O)[O-])c1.c1ccc2cnccc2c1. The average Bonchev–Trinajstić information content (AvgIpc) is 2.61. The Morgan fingerprint density at radius 3 is 1.81 bits per heavy atom. The largest absolute Gasteiger partial charge is 0.497 e. The van der Waals surface area contributed by atoms with Crippen LogP contribution in [0.5, 0.6) is 5.75 Å². The molecule has 1 aromatic heterocycles. The van der Waals surface area contributed by atoms with E-state index in [1.807, 2.05) is 30.6 Å². The Hall–Kier alpha value is -4.15. The molecule has 0 aliphatic rings. The summed E-state index contributed by atoms with van der Waals surface area (Å²) in [5.74, 6) is -1.21. The van der Waals surface area contributed by atoms with E-state index in [1.165, 1.54) is 10.8 Å². The van der Waals surface area contributed by atoms with Crippen LogP contribution in [0.4, 0.5) is 17.1 Å². The van der Waals surface area contributed by atoms with Crippen molar-refractivity contribution in [2.24, 2.45) is 0 Å². The van der Waals surface area contributed by atoms with E-state index in [-0.39, 0.29) is 0 Å². The standard InChI is InChI=1S/C9H7N.C6H3N3O7/c1-2-4-9-7-10-6-5-8(9)3-1;10-6-4(8(13)14)1-3(7(11)12)2-5(6)9(15)16/h1-7H;1-2,10H. The third kappa shape index (κ3) is 4.03. The number of nitrogens with zero attached hydrogens (tertiary/aromatic N) is 4. The number of rotatable bonds is 3. The average molecular weight is 358 g/mol. The van der Waals surface area contributed by atoms with Crippen molar-refractivity contribution in [2.45, 2.75) is 0 Å². The quantitative estimate of drug-likeness (QED) is 0.550. The van der Waals surface area contributed by atoms with E-state index in [2.05, 4.69) is 17.1 Å². The zero-order valence-corrected chi connectivity index (χ0v) is 12.9. The number of benzene rings is 2. The minimum absolute atomic E-state index is 0.447. The number of phenols is 1. The van der Waals surface area contributed by atoms with Crippen molar-refractivity contribution >= 4 is 27.8 Å². The molecule has 1 heterocycles. The van der Waals surface area contributed by atoms with Gasteiger partial charge < -0.3 is 5.11 Å². The summed E-state index contributed by atoms with van der Waals surface area (Å²) in [6.45, 7) is 0. The minimum atomic E-state index is -1.21. The Morgan fingerprint density at radius 2 is 1.35 bits per heavy atom. The van der Waals surface area contributed by atoms with E-state index in [0.717, 1.165) is 0 Å². The molecule has 0 radical (unpaired) electrons. The molecule has 1 N–H and O–H groups in total. The highest BCUT2D eigenvalue weighted by Gasteiger charge is 2.30. The molecule has 0 saturated carbocycles. The van der Waals surface area contributed by atoms with Gasteiger partial charge >= 0.3 is 11.4 Å². The van der Waals surface area contributed by atoms with Gasteiger partial charge in [-0.3, -0.25) is 35.3 Å². The van der Waals surface area contributed by atoms with Crippen LogP contribution in [0.15, 0.2) is 54.9 Å². The maximum absolute atomic E-state index is 10.4. The number of hydrogen-bond donors (Lipinski definition) is 1. The number of hydrogen-bond acceptors (Lipinski definition) is 8. The van der Waals surface area contributed by atoms with Gasteiger partial charge in [0.2, 0.25) is 0 Å². The van der Waals surface area contributed by atoms with Crippen molar-refractivity contribution in [3.63, 3.8) is 0 Å². The first-order chi connectivity index (χ1) is 12.3. The van der Waals surface area contributed by atoms with Crippen LogP contribution in [-0.4, -0.2) is 24.9 Å². The second-order valence-corrected chi connectivity index (χ2v) is 4.83. The van der Waals surface area contributed by atoms with Crippen LogP contribution in [0.1, 0.15) is 0 Å². The highest BCUT2D eigenvalue weighted by molar-refractivity contribution is 5.80. The molecule has 0 saturated heterocycles. The molecule has 0 aliphatic carbocycles. The summed E-state index contributed by atoms with van der Waals surface area (Å²) >= 11 is 0. The lowest BCUT2D eigenvalue weighted by atomic mass is 10.2. The van der Waals surface area contributed by atoms with Crippen LogP contribution in [-0.2, 0) is 0 Å². The molecule has 0 spiro atoms. The first-order valence-electron chi connectivity index (χ1n) is 6.90. The van der Waals surface area contributed by atoms with Gasteiger partial charge in [-0.1, -0.05) is 24.3 Å². The van der Waals surface area contributed by atoms with Crippen LogP contribution in [0.3, 0.4) is 0 Å². The maximum atomic E-state index is 10.4. The Balaban J connectivity index is 0.000000206. The second-order valence-electron chi connectivity index (χ2n) is 4.83. The van der Waals surface area contributed by atoms with Crippen molar-refractivity contribution in [1.82, 2.24) is 4.98 Å². The normalized spacial score (nSPS) is 9.85. The van der Waals surface area contributed by atoms with Gasteiger partial charge in [-0.25, -0.2) is 0 Å². The molecule has 0 amide bonds. The molecule has 0 unspecified atom stereocenters. The molecular weight excluding hydrogens is 348 g/mol. The van der Waals surface area contributed by atoms with Crippen LogP contribution in [0, 0.1) is 30.3 Å². The summed E-state index contributed by atoms with van der Waals surface area (Å²) in [4.78, 5) is 31.8. The fraction of sp³-hybridized carbons (Fsp3) is 0. The Bertz CT molecular complexity index is 906. The first kappa shape index (κ1) is 18.2. The zero-order valence-electron chi connectivity index (χ0n) is 12.9. The zero-order chi connectivity index (χ0) is 19.3. The van der Waals surface area contributed by atoms with Crippen molar-refractivity contribution < 1.29 is 19.9 Å². The molecule has 132 valence electrons. The first-order valence-corrected chi connectivity index (χ1v) is 6.90. The van der Waals surface area contributed by atoms with E-state index in [4.69, 9.17) is 5.11 Å². The minimum Gasteiger partial charge on any atom is -0.497 e. The molecular formula is C15H10N4O7. The molecule has 0 atom stereocenters. The molecule has 0 aliphatic heterocycles. The molecule has 11 heteroatoms. The van der Waals surface area contributed by atoms with Gasteiger partial charge in [0.15, 0.2) is 0 Å². The Labute approximate surface area is 144 Å². The van der Waals surface area contributed by atoms with E-state index < -0.39 is 37.6 Å². The van der Waals surface area contributed by atoms with E-state index in [9.17, 15) is 30.3 Å². The summed E-state index contributed by atoms with van der Waals surface area (Å²) in [6.07, 6.45) is 3.68. The summed E-state index contributed by atoms with van der Waals surface area (Å²) in [7, 11) is 0. The van der Waals surface area contributed by atoms with Crippen LogP contribution in [0.2, 0.25) is 0 Å². The summed E-state index contributed by atoms with van der Waals surface area (Å²) in [5, 5.41) is 42.7. The number of aromatic nitrogens is 1. The van der Waals surface area contributed by atoms with Crippen molar-refractivity contribution in [3.8, 4) is 5.75 Å². The predicted octanol–water partition coefficient (Wildman–Crippen LogP) is 3.35. The third-order valence-corrected chi connectivity index (χ3v) is 3.21. The fourth-order valence-electron chi connectivity index (χ4n) is 2.00. The van der Waals surface area contributed by atoms with Gasteiger partial charge in [-0.2, -0.15) is 0 Å². The highest BCUT2D eigenvalue weighted by atomic mass is 16.6. The van der Waals surface area contributed by atoms with Crippen LogP contribution in [0.25, 0.3) is 10.8 Å². The Kier molecular flexibility index (Phi) is 5.33. The van der Waals surface area contributed by atoms with E-state index in [1.54, 1.807) is 0 Å². The molecule has 0 fully saturated rings. The van der Waals surface area contributed by atoms with Crippen molar-refractivity contribution in [3.05, 3.63) is 85.2 Å². The third-order valence-electron chi connectivity index (χ3n) is 3.21. The number of fused-ring (bicyclic) bond motifs is 1. The number of pyridine rings is 1. The fourth-order valence-corrected chi connectivity index (χ4v) is 2.00. The maximum Gasteiger partial charge on any atom is 0.324 e. The van der Waals surface area contributed by atoms with Gasteiger partial charge in [-0.15, -0.1) is 0 Å². The molecule has 2 aromatic carbocycles. The topological polar surface area (TPSA) is 163 Å². The van der Waals surface area contributed by atoms with Gasteiger partial charge in [-0.05, 0) is 16.8 Å². The molecule has 3 rings (SSSR count). The highest BCUT2D eigenvalue weighted by Crippen LogP contribution is 2.38. The lowest BCUT2D eigenvalue weighted by Gasteiger charge is -1.97. The lowest BCUT2D eigenvalue weighted by Crippen LogP contribution is -1.97. The summed E-state index contributed by atoms with van der Waals surface area (Å²) in [6, 6.07) is 11.1. The van der Waals surface area contributed by atoms with Gasteiger partial charge in [0.1, 0.15) is 0 Å². The van der Waals surface area contributed by atoms with Gasteiger partial charge in [0.25, 0.3) is 11.4 Å². The predicted molar refractivity (Wildman–Crippen MR) is 89.8 cm³/mol. The molecule has 0 bridgehead atoms. The monoisotopic (exact) mass is 358 g/mol. The summed E-state index contributed by atoms with van der Waals surface area (Å²) in [5.41, 5.74) is -3.00. The van der Waals surface area contributed by atoms with Crippen LogP contribution >= 0.6 is 0 Å². The lowest BCUT2D eigenvalue weighted by molar-refractivity contribution is -0.404. The number of nitro groups is 3. The smallest absolute Gasteiger partial charge is 0.324 e. The number of non-ortho nitro benzene ring substituents is 1. The number of phenolic OH excluding ortho intramolecular Hbond substituents is 1.